The second kappa shape index (κ2) is 10.2. The fourth-order valence-corrected chi connectivity index (χ4v) is 2.43. The molecule has 0 aliphatic rings. The first-order valence-corrected chi connectivity index (χ1v) is 8.37. The fourth-order valence-electron chi connectivity index (χ4n) is 2.43. The van der Waals surface area contributed by atoms with Crippen molar-refractivity contribution >= 4 is 11.9 Å². The number of carboxylic acids is 1. The second-order valence-electron chi connectivity index (χ2n) is 5.80. The van der Waals surface area contributed by atoms with Crippen LogP contribution < -0.4 is 10.1 Å². The highest BCUT2D eigenvalue weighted by atomic mass is 16.5. The highest BCUT2D eigenvalue weighted by Gasteiger charge is 2.19. The van der Waals surface area contributed by atoms with Crippen molar-refractivity contribution in [1.29, 1.82) is 0 Å². The van der Waals surface area contributed by atoms with E-state index in [0.717, 1.165) is 5.56 Å². The van der Waals surface area contributed by atoms with Crippen LogP contribution in [0.25, 0.3) is 0 Å². The van der Waals surface area contributed by atoms with E-state index < -0.39 is 11.9 Å². The molecule has 2 aromatic carbocycles. The van der Waals surface area contributed by atoms with E-state index in [4.69, 9.17) is 9.47 Å². The molecule has 6 nitrogen and oxygen atoms in total. The van der Waals surface area contributed by atoms with Gasteiger partial charge in [0.2, 0.25) is 0 Å². The van der Waals surface area contributed by atoms with Crippen molar-refractivity contribution in [2.75, 3.05) is 26.9 Å². The number of hydrogen-bond acceptors (Lipinski definition) is 4. The van der Waals surface area contributed by atoms with Gasteiger partial charge in [0, 0.05) is 19.2 Å². The molecular formula is C20H23NO5. The molecule has 0 fully saturated rings. The van der Waals surface area contributed by atoms with Crippen molar-refractivity contribution in [1.82, 2.24) is 5.32 Å². The molecule has 1 unspecified atom stereocenters. The number of carbonyl (C=O) groups is 2. The summed E-state index contributed by atoms with van der Waals surface area (Å²) in [6, 6.07) is 16.1. The zero-order chi connectivity index (χ0) is 18.8. The Labute approximate surface area is 152 Å². The van der Waals surface area contributed by atoms with E-state index in [1.165, 1.54) is 0 Å². The van der Waals surface area contributed by atoms with Gasteiger partial charge in [-0.1, -0.05) is 36.4 Å². The molecule has 0 heterocycles. The molecule has 1 atom stereocenters. The van der Waals surface area contributed by atoms with E-state index in [1.54, 1.807) is 31.4 Å². The van der Waals surface area contributed by atoms with E-state index >= 15 is 0 Å². The molecule has 2 rings (SSSR count). The summed E-state index contributed by atoms with van der Waals surface area (Å²) in [7, 11) is 1.58. The monoisotopic (exact) mass is 357 g/mol. The van der Waals surface area contributed by atoms with Gasteiger partial charge in [-0.15, -0.1) is 0 Å². The molecule has 0 saturated heterocycles. The summed E-state index contributed by atoms with van der Waals surface area (Å²) >= 11 is 0. The zero-order valence-electron chi connectivity index (χ0n) is 14.7. The minimum atomic E-state index is -0.939. The van der Waals surface area contributed by atoms with Crippen molar-refractivity contribution in [3.05, 3.63) is 65.7 Å². The van der Waals surface area contributed by atoms with Crippen molar-refractivity contribution in [2.45, 2.75) is 6.42 Å². The highest BCUT2D eigenvalue weighted by Crippen LogP contribution is 2.14. The van der Waals surface area contributed by atoms with Crippen molar-refractivity contribution < 1.29 is 24.2 Å². The molecule has 2 aromatic rings. The van der Waals surface area contributed by atoms with Gasteiger partial charge in [-0.25, -0.2) is 0 Å². The Bertz CT molecular complexity index is 717. The molecule has 0 spiro atoms. The van der Waals surface area contributed by atoms with Gasteiger partial charge in [-0.3, -0.25) is 9.59 Å². The molecule has 0 aromatic heterocycles. The van der Waals surface area contributed by atoms with E-state index in [1.807, 2.05) is 30.3 Å². The van der Waals surface area contributed by atoms with Gasteiger partial charge in [-0.2, -0.15) is 0 Å². The van der Waals surface area contributed by atoms with E-state index in [9.17, 15) is 14.7 Å². The number of aliphatic carboxylic acids is 1. The fraction of sp³-hybridized carbons (Fsp3) is 0.300. The minimum Gasteiger partial charge on any atom is -0.491 e. The molecule has 2 N–H and O–H groups in total. The Balaban J connectivity index is 1.93. The summed E-state index contributed by atoms with van der Waals surface area (Å²) in [5.74, 6) is -1.40. The van der Waals surface area contributed by atoms with Crippen LogP contribution in [0.5, 0.6) is 5.75 Å². The Kier molecular flexibility index (Phi) is 7.64. The average Bonchev–Trinajstić information content (AvgIpc) is 2.66. The van der Waals surface area contributed by atoms with Gasteiger partial charge in [0.1, 0.15) is 12.4 Å². The molecule has 0 radical (unpaired) electrons. The lowest BCUT2D eigenvalue weighted by Crippen LogP contribution is -2.34. The molecule has 0 aliphatic heterocycles. The quantitative estimate of drug-likeness (QED) is 0.638. The first kappa shape index (κ1) is 19.5. The van der Waals surface area contributed by atoms with Crippen LogP contribution in [-0.2, 0) is 16.0 Å². The van der Waals surface area contributed by atoms with Crippen molar-refractivity contribution in [2.24, 2.45) is 5.92 Å². The molecule has 6 heteroatoms. The lowest BCUT2D eigenvalue weighted by Gasteiger charge is -2.14. The Hall–Kier alpha value is -2.86. The number of carboxylic acid groups (broad SMARTS) is 1. The summed E-state index contributed by atoms with van der Waals surface area (Å²) in [5.41, 5.74) is 1.34. The number of carbonyl (C=O) groups excluding carboxylic acids is 1. The lowest BCUT2D eigenvalue weighted by atomic mass is 9.99. The number of rotatable bonds is 10. The predicted molar refractivity (Wildman–Crippen MR) is 97.4 cm³/mol. The SMILES string of the molecule is COCCOc1cccc(C(=O)NCC(Cc2ccccc2)C(=O)O)c1. The number of amides is 1. The normalized spacial score (nSPS) is 11.6. The maximum atomic E-state index is 12.3. The maximum absolute atomic E-state index is 12.3. The zero-order valence-corrected chi connectivity index (χ0v) is 14.7. The smallest absolute Gasteiger partial charge is 0.308 e. The minimum absolute atomic E-state index is 0.0534. The molecule has 1 amide bonds. The Morgan fingerprint density at radius 1 is 1.08 bits per heavy atom. The van der Waals surface area contributed by atoms with Crippen LogP contribution in [0, 0.1) is 5.92 Å². The third-order valence-electron chi connectivity index (χ3n) is 3.84. The summed E-state index contributed by atoms with van der Waals surface area (Å²) < 4.78 is 10.4. The van der Waals surface area contributed by atoms with Crippen LogP contribution in [0.15, 0.2) is 54.6 Å². The summed E-state index contributed by atoms with van der Waals surface area (Å²) in [4.78, 5) is 23.8. The maximum Gasteiger partial charge on any atom is 0.308 e. The molecule has 26 heavy (non-hydrogen) atoms. The lowest BCUT2D eigenvalue weighted by molar-refractivity contribution is -0.141. The summed E-state index contributed by atoms with van der Waals surface area (Å²) in [5, 5.41) is 12.1. The number of hydrogen-bond donors (Lipinski definition) is 2. The van der Waals surface area contributed by atoms with Crippen LogP contribution >= 0.6 is 0 Å². The van der Waals surface area contributed by atoms with Gasteiger partial charge >= 0.3 is 5.97 Å². The Morgan fingerprint density at radius 3 is 2.54 bits per heavy atom. The molecule has 0 aliphatic carbocycles. The van der Waals surface area contributed by atoms with Crippen LogP contribution in [-0.4, -0.2) is 43.9 Å². The number of nitrogens with one attached hydrogen (secondary N) is 1. The summed E-state index contributed by atoms with van der Waals surface area (Å²) in [6.07, 6.45) is 0.358. The summed E-state index contributed by atoms with van der Waals surface area (Å²) in [6.45, 7) is 0.897. The van der Waals surface area contributed by atoms with Gasteiger partial charge in [0.05, 0.1) is 12.5 Å². The largest absolute Gasteiger partial charge is 0.491 e. The van der Waals surface area contributed by atoms with Crippen LogP contribution in [0.1, 0.15) is 15.9 Å². The standard InChI is InChI=1S/C20H23NO5/c1-25-10-11-26-18-9-5-8-16(13-18)19(22)21-14-17(20(23)24)12-15-6-3-2-4-7-15/h2-9,13,17H,10-12,14H2,1H3,(H,21,22)(H,23,24). The predicted octanol–water partition coefficient (Wildman–Crippen LogP) is 2.39. The van der Waals surface area contributed by atoms with Crippen molar-refractivity contribution in [3.8, 4) is 5.75 Å². The topological polar surface area (TPSA) is 84.9 Å². The van der Waals surface area contributed by atoms with Crippen LogP contribution in [0.4, 0.5) is 0 Å². The van der Waals surface area contributed by atoms with E-state index in [0.29, 0.717) is 30.9 Å². The first-order valence-electron chi connectivity index (χ1n) is 8.37. The van der Waals surface area contributed by atoms with E-state index in [2.05, 4.69) is 5.32 Å². The number of benzene rings is 2. The Morgan fingerprint density at radius 2 is 1.85 bits per heavy atom. The number of ether oxygens (including phenoxy) is 2. The molecular weight excluding hydrogens is 334 g/mol. The highest BCUT2D eigenvalue weighted by molar-refractivity contribution is 5.94. The van der Waals surface area contributed by atoms with Crippen LogP contribution in [0.2, 0.25) is 0 Å². The molecule has 138 valence electrons. The van der Waals surface area contributed by atoms with Gasteiger partial charge in [-0.05, 0) is 30.2 Å². The second-order valence-corrected chi connectivity index (χ2v) is 5.80. The van der Waals surface area contributed by atoms with Gasteiger partial charge < -0.3 is 19.9 Å². The van der Waals surface area contributed by atoms with Gasteiger partial charge in [0.25, 0.3) is 5.91 Å². The van der Waals surface area contributed by atoms with Crippen LogP contribution in [0.3, 0.4) is 0 Å². The van der Waals surface area contributed by atoms with Gasteiger partial charge in [0.15, 0.2) is 0 Å². The van der Waals surface area contributed by atoms with Crippen molar-refractivity contribution in [3.63, 3.8) is 0 Å². The third-order valence-corrected chi connectivity index (χ3v) is 3.84. The molecule has 0 bridgehead atoms. The number of methoxy groups -OCH3 is 1. The van der Waals surface area contributed by atoms with E-state index in [-0.39, 0.29) is 12.5 Å². The first-order chi connectivity index (χ1) is 12.6. The third kappa shape index (κ3) is 6.22. The average molecular weight is 357 g/mol. The molecule has 0 saturated carbocycles.